The van der Waals surface area contributed by atoms with Crippen molar-refractivity contribution >= 4 is 5.91 Å². The van der Waals surface area contributed by atoms with Gasteiger partial charge in [0.1, 0.15) is 0 Å². The second kappa shape index (κ2) is 7.52. The number of aliphatic hydroxyl groups is 1. The van der Waals surface area contributed by atoms with E-state index in [9.17, 15) is 9.90 Å². The Hall–Kier alpha value is -1.46. The topological polar surface area (TPSA) is 56.7 Å². The quantitative estimate of drug-likeness (QED) is 0.874. The molecular weight excluding hydrogens is 266 g/mol. The Kier molecular flexibility index (Phi) is 5.70. The third-order valence-electron chi connectivity index (χ3n) is 3.99. The van der Waals surface area contributed by atoms with E-state index in [0.29, 0.717) is 13.0 Å². The molecule has 1 aromatic rings. The van der Waals surface area contributed by atoms with Gasteiger partial charge in [-0.25, -0.2) is 0 Å². The van der Waals surface area contributed by atoms with Crippen LogP contribution in [-0.4, -0.2) is 64.6 Å². The molecule has 1 amide bonds. The van der Waals surface area contributed by atoms with Gasteiger partial charge in [-0.3, -0.25) is 14.7 Å². The van der Waals surface area contributed by atoms with Crippen LogP contribution in [0.1, 0.15) is 24.6 Å². The number of hydrogen-bond donors (Lipinski definition) is 1. The lowest BCUT2D eigenvalue weighted by Gasteiger charge is -2.35. The molecule has 1 aliphatic heterocycles. The first-order chi connectivity index (χ1) is 10.1. The van der Waals surface area contributed by atoms with Gasteiger partial charge in [-0.2, -0.15) is 0 Å². The monoisotopic (exact) mass is 291 g/mol. The maximum Gasteiger partial charge on any atom is 0.227 e. The molecule has 116 valence electrons. The van der Waals surface area contributed by atoms with E-state index in [4.69, 9.17) is 0 Å². The van der Waals surface area contributed by atoms with Crippen LogP contribution in [0.5, 0.6) is 0 Å². The van der Waals surface area contributed by atoms with Crippen molar-refractivity contribution in [1.29, 1.82) is 0 Å². The molecule has 1 unspecified atom stereocenters. The van der Waals surface area contributed by atoms with Crippen molar-refractivity contribution < 1.29 is 9.90 Å². The summed E-state index contributed by atoms with van der Waals surface area (Å²) >= 11 is 0. The molecule has 1 N–H and O–H groups in total. The van der Waals surface area contributed by atoms with E-state index in [1.165, 1.54) is 0 Å². The van der Waals surface area contributed by atoms with Gasteiger partial charge < -0.3 is 10.0 Å². The van der Waals surface area contributed by atoms with Crippen LogP contribution in [0.2, 0.25) is 0 Å². The SMILES string of the molecule is CCC(O)CN1CCN(C(=O)Cc2ccc(C)nc2)CC1. The summed E-state index contributed by atoms with van der Waals surface area (Å²) in [7, 11) is 0. The first kappa shape index (κ1) is 15.9. The van der Waals surface area contributed by atoms with E-state index in [0.717, 1.165) is 43.9 Å². The van der Waals surface area contributed by atoms with Crippen molar-refractivity contribution in [3.8, 4) is 0 Å². The van der Waals surface area contributed by atoms with E-state index < -0.39 is 0 Å². The fourth-order valence-electron chi connectivity index (χ4n) is 2.50. The summed E-state index contributed by atoms with van der Waals surface area (Å²) in [6.07, 6.45) is 2.72. The van der Waals surface area contributed by atoms with Gasteiger partial charge in [0, 0.05) is 44.6 Å². The summed E-state index contributed by atoms with van der Waals surface area (Å²) in [6, 6.07) is 3.90. The number of aromatic nitrogens is 1. The van der Waals surface area contributed by atoms with Gasteiger partial charge in [0.25, 0.3) is 0 Å². The summed E-state index contributed by atoms with van der Waals surface area (Å²) in [4.78, 5) is 20.6. The second-order valence-corrected chi connectivity index (χ2v) is 5.73. The Morgan fingerprint density at radius 3 is 2.62 bits per heavy atom. The number of nitrogens with zero attached hydrogens (tertiary/aromatic N) is 3. The zero-order valence-electron chi connectivity index (χ0n) is 13.0. The smallest absolute Gasteiger partial charge is 0.227 e. The molecule has 21 heavy (non-hydrogen) atoms. The Morgan fingerprint density at radius 2 is 2.05 bits per heavy atom. The van der Waals surface area contributed by atoms with Crippen molar-refractivity contribution in [2.45, 2.75) is 32.8 Å². The maximum absolute atomic E-state index is 12.3. The van der Waals surface area contributed by atoms with Crippen molar-refractivity contribution in [3.63, 3.8) is 0 Å². The molecule has 0 radical (unpaired) electrons. The first-order valence-electron chi connectivity index (χ1n) is 7.68. The van der Waals surface area contributed by atoms with E-state index in [-0.39, 0.29) is 12.0 Å². The van der Waals surface area contributed by atoms with Gasteiger partial charge in [0.15, 0.2) is 0 Å². The predicted octanol–water partition coefficient (Wildman–Crippen LogP) is 0.848. The minimum Gasteiger partial charge on any atom is -0.392 e. The third-order valence-corrected chi connectivity index (χ3v) is 3.99. The van der Waals surface area contributed by atoms with Crippen LogP contribution in [0.3, 0.4) is 0 Å². The maximum atomic E-state index is 12.3. The Bertz CT molecular complexity index is 453. The van der Waals surface area contributed by atoms with Crippen LogP contribution >= 0.6 is 0 Å². The van der Waals surface area contributed by atoms with Crippen LogP contribution in [-0.2, 0) is 11.2 Å². The van der Waals surface area contributed by atoms with Crippen LogP contribution in [0.4, 0.5) is 0 Å². The molecule has 0 aromatic carbocycles. The number of piperazine rings is 1. The highest BCUT2D eigenvalue weighted by Gasteiger charge is 2.22. The lowest BCUT2D eigenvalue weighted by molar-refractivity contribution is -0.132. The van der Waals surface area contributed by atoms with Gasteiger partial charge in [-0.15, -0.1) is 0 Å². The molecule has 2 heterocycles. The van der Waals surface area contributed by atoms with Gasteiger partial charge in [-0.1, -0.05) is 13.0 Å². The van der Waals surface area contributed by atoms with E-state index in [2.05, 4.69) is 9.88 Å². The van der Waals surface area contributed by atoms with Crippen LogP contribution < -0.4 is 0 Å². The van der Waals surface area contributed by atoms with Crippen molar-refractivity contribution in [2.24, 2.45) is 0 Å². The molecule has 1 aromatic heterocycles. The zero-order valence-corrected chi connectivity index (χ0v) is 13.0. The molecule has 1 aliphatic rings. The Morgan fingerprint density at radius 1 is 1.33 bits per heavy atom. The predicted molar refractivity (Wildman–Crippen MR) is 82.0 cm³/mol. The average Bonchev–Trinajstić information content (AvgIpc) is 2.50. The Balaban J connectivity index is 1.79. The lowest BCUT2D eigenvalue weighted by atomic mass is 10.1. The lowest BCUT2D eigenvalue weighted by Crippen LogP contribution is -2.50. The molecule has 0 saturated carbocycles. The number of aliphatic hydroxyl groups excluding tert-OH is 1. The molecule has 0 bridgehead atoms. The number of amides is 1. The molecule has 5 nitrogen and oxygen atoms in total. The van der Waals surface area contributed by atoms with Crippen molar-refractivity contribution in [3.05, 3.63) is 29.6 Å². The standard InChI is InChI=1S/C16H25N3O2/c1-3-15(20)12-18-6-8-19(9-7-18)16(21)10-14-5-4-13(2)17-11-14/h4-5,11,15,20H,3,6-10,12H2,1-2H3. The van der Waals surface area contributed by atoms with Gasteiger partial charge in [0.2, 0.25) is 5.91 Å². The molecule has 0 aliphatic carbocycles. The van der Waals surface area contributed by atoms with Crippen LogP contribution in [0.15, 0.2) is 18.3 Å². The molecule has 1 atom stereocenters. The molecule has 5 heteroatoms. The summed E-state index contributed by atoms with van der Waals surface area (Å²) < 4.78 is 0. The highest BCUT2D eigenvalue weighted by atomic mass is 16.3. The number of carbonyl (C=O) groups excluding carboxylic acids is 1. The average molecular weight is 291 g/mol. The minimum absolute atomic E-state index is 0.163. The number of carbonyl (C=O) groups is 1. The van der Waals surface area contributed by atoms with Crippen LogP contribution in [0.25, 0.3) is 0 Å². The van der Waals surface area contributed by atoms with Gasteiger partial charge >= 0.3 is 0 Å². The summed E-state index contributed by atoms with van der Waals surface area (Å²) in [5.41, 5.74) is 1.93. The van der Waals surface area contributed by atoms with E-state index >= 15 is 0 Å². The molecule has 0 spiro atoms. The Labute approximate surface area is 126 Å². The number of β-amino-alcohol motifs (C(OH)–C–C–N with tert-alkyl or cyclic N) is 1. The molecule has 1 fully saturated rings. The summed E-state index contributed by atoms with van der Waals surface area (Å²) in [6.45, 7) is 7.81. The second-order valence-electron chi connectivity index (χ2n) is 5.73. The van der Waals surface area contributed by atoms with E-state index in [1.54, 1.807) is 6.20 Å². The highest BCUT2D eigenvalue weighted by molar-refractivity contribution is 5.78. The normalized spacial score (nSPS) is 17.8. The molecule has 1 saturated heterocycles. The van der Waals surface area contributed by atoms with Crippen molar-refractivity contribution in [1.82, 2.24) is 14.8 Å². The van der Waals surface area contributed by atoms with Crippen LogP contribution in [0, 0.1) is 6.92 Å². The molecular formula is C16H25N3O2. The summed E-state index contributed by atoms with van der Waals surface area (Å²) in [5, 5.41) is 9.67. The zero-order chi connectivity index (χ0) is 15.2. The largest absolute Gasteiger partial charge is 0.392 e. The number of rotatable bonds is 5. The van der Waals surface area contributed by atoms with Gasteiger partial charge in [0.05, 0.1) is 12.5 Å². The number of aryl methyl sites for hydroxylation is 1. The van der Waals surface area contributed by atoms with Crippen molar-refractivity contribution in [2.75, 3.05) is 32.7 Å². The highest BCUT2D eigenvalue weighted by Crippen LogP contribution is 2.08. The fraction of sp³-hybridized carbons (Fsp3) is 0.625. The van der Waals surface area contributed by atoms with E-state index in [1.807, 2.05) is 30.9 Å². The summed E-state index contributed by atoms with van der Waals surface area (Å²) in [5.74, 6) is 0.163. The third kappa shape index (κ3) is 4.79. The minimum atomic E-state index is -0.258. The van der Waals surface area contributed by atoms with Gasteiger partial charge in [-0.05, 0) is 25.0 Å². The molecule has 2 rings (SSSR count). The first-order valence-corrected chi connectivity index (χ1v) is 7.68. The number of hydrogen-bond acceptors (Lipinski definition) is 4. The fourth-order valence-corrected chi connectivity index (χ4v) is 2.50. The number of pyridine rings is 1.